The number of amides is 1. The molecule has 1 N–H and O–H groups in total. The van der Waals surface area contributed by atoms with Gasteiger partial charge in [-0.3, -0.25) is 9.69 Å². The maximum atomic E-state index is 11.9. The molecule has 0 saturated heterocycles. The second-order valence-corrected chi connectivity index (χ2v) is 5.23. The number of hydrogen-bond acceptors (Lipinski definition) is 2. The molecule has 0 aromatic carbocycles. The molecule has 0 aromatic rings. The molecule has 3 nitrogen and oxygen atoms in total. The van der Waals surface area contributed by atoms with Crippen LogP contribution in [-0.2, 0) is 4.79 Å². The molecule has 0 unspecified atom stereocenters. The fourth-order valence-electron chi connectivity index (χ4n) is 3.37. The zero-order valence-corrected chi connectivity index (χ0v) is 10.5. The lowest BCUT2D eigenvalue weighted by Crippen LogP contribution is -2.44. The van der Waals surface area contributed by atoms with E-state index in [-0.39, 0.29) is 5.91 Å². The van der Waals surface area contributed by atoms with Gasteiger partial charge < -0.3 is 5.32 Å². The first kappa shape index (κ1) is 11.9. The van der Waals surface area contributed by atoms with E-state index >= 15 is 0 Å². The Hall–Kier alpha value is -0.570. The second-order valence-electron chi connectivity index (χ2n) is 5.23. The molecule has 3 heteroatoms. The zero-order valence-electron chi connectivity index (χ0n) is 10.5. The number of fused-ring (bicyclic) bond motifs is 2. The molecule has 92 valence electrons. The van der Waals surface area contributed by atoms with Crippen molar-refractivity contribution in [3.63, 3.8) is 0 Å². The van der Waals surface area contributed by atoms with Crippen LogP contribution in [0.15, 0.2) is 0 Å². The zero-order chi connectivity index (χ0) is 11.5. The van der Waals surface area contributed by atoms with E-state index in [1.54, 1.807) is 0 Å². The molecule has 0 spiro atoms. The van der Waals surface area contributed by atoms with E-state index < -0.39 is 0 Å². The number of carbonyl (C=O) groups excluding carboxylic acids is 1. The molecule has 0 aliphatic heterocycles. The predicted octanol–water partition coefficient (Wildman–Crippen LogP) is 1.63. The maximum absolute atomic E-state index is 11.9. The summed E-state index contributed by atoms with van der Waals surface area (Å²) >= 11 is 0. The van der Waals surface area contributed by atoms with Crippen LogP contribution in [0.2, 0.25) is 0 Å². The standard InChI is InChI=1S/C13H24N2O/c1-3-15(4-2)9-12(16)14-13-10-5-6-11(13)8-7-10/h10-11,13H,3-9H2,1-2H3,(H,14,16). The number of carbonyl (C=O) groups is 1. The van der Waals surface area contributed by atoms with Gasteiger partial charge in [-0.05, 0) is 50.6 Å². The van der Waals surface area contributed by atoms with Crippen LogP contribution >= 0.6 is 0 Å². The third kappa shape index (κ3) is 2.40. The Morgan fingerprint density at radius 2 is 1.62 bits per heavy atom. The Kier molecular flexibility index (Phi) is 3.85. The van der Waals surface area contributed by atoms with Gasteiger partial charge >= 0.3 is 0 Å². The fourth-order valence-corrected chi connectivity index (χ4v) is 3.37. The number of hydrogen-bond donors (Lipinski definition) is 1. The van der Waals surface area contributed by atoms with Crippen LogP contribution in [0.1, 0.15) is 39.5 Å². The smallest absolute Gasteiger partial charge is 0.234 e. The Bertz CT molecular complexity index is 230. The number of nitrogens with one attached hydrogen (secondary N) is 1. The van der Waals surface area contributed by atoms with E-state index in [9.17, 15) is 4.79 Å². The molecule has 0 radical (unpaired) electrons. The number of nitrogens with zero attached hydrogens (tertiary/aromatic N) is 1. The molecule has 2 fully saturated rings. The van der Waals surface area contributed by atoms with Crippen molar-refractivity contribution in [2.45, 2.75) is 45.6 Å². The Morgan fingerprint density at radius 3 is 2.06 bits per heavy atom. The first-order valence-electron chi connectivity index (χ1n) is 6.76. The highest BCUT2D eigenvalue weighted by molar-refractivity contribution is 5.78. The maximum Gasteiger partial charge on any atom is 0.234 e. The van der Waals surface area contributed by atoms with Gasteiger partial charge in [0.15, 0.2) is 0 Å². The molecule has 2 aliphatic rings. The molecule has 0 aromatic heterocycles. The summed E-state index contributed by atoms with van der Waals surface area (Å²) in [6, 6.07) is 0.503. The van der Waals surface area contributed by atoms with Gasteiger partial charge in [0, 0.05) is 6.04 Å². The summed E-state index contributed by atoms with van der Waals surface area (Å²) in [6.07, 6.45) is 5.34. The monoisotopic (exact) mass is 224 g/mol. The SMILES string of the molecule is CCN(CC)CC(=O)NC1C2CCC1CC2. The predicted molar refractivity (Wildman–Crippen MR) is 65.2 cm³/mol. The molecule has 2 saturated carbocycles. The molecular formula is C13H24N2O. The minimum Gasteiger partial charge on any atom is -0.352 e. The van der Waals surface area contributed by atoms with Gasteiger partial charge in [0.25, 0.3) is 0 Å². The van der Waals surface area contributed by atoms with Crippen molar-refractivity contribution in [3.05, 3.63) is 0 Å². The van der Waals surface area contributed by atoms with E-state index in [2.05, 4.69) is 24.1 Å². The highest BCUT2D eigenvalue weighted by Gasteiger charge is 2.42. The van der Waals surface area contributed by atoms with Crippen LogP contribution in [0.4, 0.5) is 0 Å². The van der Waals surface area contributed by atoms with E-state index in [1.165, 1.54) is 25.7 Å². The molecule has 0 atom stereocenters. The van der Waals surface area contributed by atoms with E-state index in [0.29, 0.717) is 12.6 Å². The minimum absolute atomic E-state index is 0.229. The third-order valence-corrected chi connectivity index (χ3v) is 4.42. The summed E-state index contributed by atoms with van der Waals surface area (Å²) in [5.41, 5.74) is 0. The van der Waals surface area contributed by atoms with Crippen molar-refractivity contribution in [2.75, 3.05) is 19.6 Å². The van der Waals surface area contributed by atoms with Crippen LogP contribution in [0.25, 0.3) is 0 Å². The van der Waals surface area contributed by atoms with Gasteiger partial charge in [-0.2, -0.15) is 0 Å². The largest absolute Gasteiger partial charge is 0.352 e. The van der Waals surface area contributed by atoms with E-state index in [1.807, 2.05) is 0 Å². The summed E-state index contributed by atoms with van der Waals surface area (Å²) in [4.78, 5) is 14.1. The van der Waals surface area contributed by atoms with Gasteiger partial charge in [0.05, 0.1) is 6.54 Å². The summed E-state index contributed by atoms with van der Waals surface area (Å²) in [5.74, 6) is 1.80. The molecular weight excluding hydrogens is 200 g/mol. The van der Waals surface area contributed by atoms with Crippen molar-refractivity contribution in [3.8, 4) is 0 Å². The molecule has 2 rings (SSSR count). The van der Waals surface area contributed by atoms with Crippen LogP contribution in [-0.4, -0.2) is 36.5 Å². The Balaban J connectivity index is 1.79. The van der Waals surface area contributed by atoms with Crippen LogP contribution < -0.4 is 5.32 Å². The highest BCUT2D eigenvalue weighted by Crippen LogP contribution is 2.44. The molecule has 2 aliphatic carbocycles. The first-order chi connectivity index (χ1) is 7.74. The molecule has 0 heterocycles. The highest BCUT2D eigenvalue weighted by atomic mass is 16.2. The van der Waals surface area contributed by atoms with Crippen LogP contribution in [0.5, 0.6) is 0 Å². The molecule has 1 amide bonds. The topological polar surface area (TPSA) is 32.3 Å². The van der Waals surface area contributed by atoms with Crippen molar-refractivity contribution in [1.29, 1.82) is 0 Å². The Morgan fingerprint density at radius 1 is 1.12 bits per heavy atom. The van der Waals surface area contributed by atoms with Gasteiger partial charge in [-0.25, -0.2) is 0 Å². The van der Waals surface area contributed by atoms with Crippen LogP contribution in [0, 0.1) is 11.8 Å². The van der Waals surface area contributed by atoms with E-state index in [0.717, 1.165) is 24.9 Å². The fraction of sp³-hybridized carbons (Fsp3) is 0.923. The van der Waals surface area contributed by atoms with Crippen molar-refractivity contribution < 1.29 is 4.79 Å². The lowest BCUT2D eigenvalue weighted by atomic mass is 10.0. The van der Waals surface area contributed by atoms with Crippen LogP contribution in [0.3, 0.4) is 0 Å². The summed E-state index contributed by atoms with van der Waals surface area (Å²) in [5, 5.41) is 3.26. The molecule has 2 bridgehead atoms. The van der Waals surface area contributed by atoms with Crippen molar-refractivity contribution >= 4 is 5.91 Å². The third-order valence-electron chi connectivity index (χ3n) is 4.42. The van der Waals surface area contributed by atoms with Gasteiger partial charge in [0.2, 0.25) is 5.91 Å². The summed E-state index contributed by atoms with van der Waals surface area (Å²) < 4.78 is 0. The minimum atomic E-state index is 0.229. The average Bonchev–Trinajstić information content (AvgIpc) is 2.86. The lowest BCUT2D eigenvalue weighted by molar-refractivity contribution is -0.123. The molecule has 16 heavy (non-hydrogen) atoms. The summed E-state index contributed by atoms with van der Waals surface area (Å²) in [7, 11) is 0. The van der Waals surface area contributed by atoms with Gasteiger partial charge in [0.1, 0.15) is 0 Å². The quantitative estimate of drug-likeness (QED) is 0.770. The van der Waals surface area contributed by atoms with Crippen molar-refractivity contribution in [2.24, 2.45) is 11.8 Å². The number of likely N-dealkylation sites (N-methyl/N-ethyl adjacent to an activating group) is 1. The van der Waals surface area contributed by atoms with Gasteiger partial charge in [-0.1, -0.05) is 13.8 Å². The first-order valence-corrected chi connectivity index (χ1v) is 6.76. The number of rotatable bonds is 5. The Labute approximate surface area is 98.6 Å². The normalized spacial score (nSPS) is 32.3. The average molecular weight is 224 g/mol. The summed E-state index contributed by atoms with van der Waals surface area (Å²) in [6.45, 7) is 6.71. The van der Waals surface area contributed by atoms with Gasteiger partial charge in [-0.15, -0.1) is 0 Å². The van der Waals surface area contributed by atoms with Crippen molar-refractivity contribution in [1.82, 2.24) is 10.2 Å². The second kappa shape index (κ2) is 5.17. The lowest BCUT2D eigenvalue weighted by Gasteiger charge is -2.21. The van der Waals surface area contributed by atoms with E-state index in [4.69, 9.17) is 0 Å².